The summed E-state index contributed by atoms with van der Waals surface area (Å²) in [6.45, 7) is 1.61. The number of benzene rings is 2. The normalized spacial score (nSPS) is 16.6. The average Bonchev–Trinajstić information content (AvgIpc) is 3.41. The molecule has 5 rings (SSSR count). The SMILES string of the molecule is Fc1cccc(Cl)c1Nc1nc2ccc(NCC3CCCO3)cc2n2cncc12. The molecule has 0 amide bonds. The molecule has 1 unspecified atom stereocenters. The Bertz CT molecular complexity index is 1170. The molecule has 0 radical (unpaired) electrons. The second-order valence-electron chi connectivity index (χ2n) is 7.05. The number of imidazole rings is 1. The third kappa shape index (κ3) is 3.47. The van der Waals surface area contributed by atoms with Crippen molar-refractivity contribution >= 4 is 45.3 Å². The van der Waals surface area contributed by atoms with Gasteiger partial charge in [-0.3, -0.25) is 4.40 Å². The van der Waals surface area contributed by atoms with Crippen LogP contribution in [0.4, 0.5) is 21.6 Å². The summed E-state index contributed by atoms with van der Waals surface area (Å²) in [6.07, 6.45) is 5.87. The van der Waals surface area contributed by atoms with Gasteiger partial charge in [-0.05, 0) is 43.2 Å². The van der Waals surface area contributed by atoms with Crippen molar-refractivity contribution in [3.63, 3.8) is 0 Å². The van der Waals surface area contributed by atoms with Gasteiger partial charge < -0.3 is 15.4 Å². The van der Waals surface area contributed by atoms with Gasteiger partial charge >= 0.3 is 0 Å². The lowest BCUT2D eigenvalue weighted by atomic mass is 10.2. The Labute approximate surface area is 171 Å². The van der Waals surface area contributed by atoms with Crippen LogP contribution in [0.15, 0.2) is 48.9 Å². The van der Waals surface area contributed by atoms with E-state index in [1.54, 1.807) is 24.7 Å². The minimum atomic E-state index is -0.439. The molecule has 6 nitrogen and oxygen atoms in total. The summed E-state index contributed by atoms with van der Waals surface area (Å²) in [6, 6.07) is 10.5. The maximum absolute atomic E-state index is 14.2. The zero-order valence-electron chi connectivity index (χ0n) is 15.5. The van der Waals surface area contributed by atoms with Crippen LogP contribution in [0.1, 0.15) is 12.8 Å². The predicted octanol–water partition coefficient (Wildman–Crippen LogP) is 5.01. The lowest BCUT2D eigenvalue weighted by molar-refractivity contribution is 0.120. The minimum absolute atomic E-state index is 0.193. The molecule has 4 aromatic rings. The van der Waals surface area contributed by atoms with E-state index in [0.717, 1.165) is 48.2 Å². The van der Waals surface area contributed by atoms with Crippen LogP contribution in [0.25, 0.3) is 16.6 Å². The summed E-state index contributed by atoms with van der Waals surface area (Å²) in [7, 11) is 0. The zero-order chi connectivity index (χ0) is 19.8. The van der Waals surface area contributed by atoms with E-state index < -0.39 is 5.82 Å². The van der Waals surface area contributed by atoms with E-state index in [2.05, 4.69) is 20.6 Å². The summed E-state index contributed by atoms with van der Waals surface area (Å²) in [5.74, 6) is 0.0489. The highest BCUT2D eigenvalue weighted by atomic mass is 35.5. The number of halogens is 2. The molecular weight excluding hydrogens is 393 g/mol. The van der Waals surface area contributed by atoms with Crippen molar-refractivity contribution in [2.45, 2.75) is 18.9 Å². The summed E-state index contributed by atoms with van der Waals surface area (Å²) in [4.78, 5) is 8.94. The molecule has 0 saturated carbocycles. The van der Waals surface area contributed by atoms with Gasteiger partial charge in [0.05, 0.1) is 40.4 Å². The third-order valence-electron chi connectivity index (χ3n) is 5.11. The van der Waals surface area contributed by atoms with Gasteiger partial charge in [0.2, 0.25) is 0 Å². The van der Waals surface area contributed by atoms with Crippen molar-refractivity contribution < 1.29 is 9.13 Å². The van der Waals surface area contributed by atoms with Gasteiger partial charge in [-0.15, -0.1) is 0 Å². The Hall–Kier alpha value is -2.90. The van der Waals surface area contributed by atoms with Crippen LogP contribution in [-0.2, 0) is 4.74 Å². The van der Waals surface area contributed by atoms with Gasteiger partial charge in [-0.2, -0.15) is 0 Å². The number of fused-ring (bicyclic) bond motifs is 3. The number of nitrogens with one attached hydrogen (secondary N) is 2. The molecule has 2 N–H and O–H groups in total. The second kappa shape index (κ2) is 7.50. The molecule has 2 aromatic heterocycles. The van der Waals surface area contributed by atoms with Crippen LogP contribution in [0.3, 0.4) is 0 Å². The number of hydrogen-bond acceptors (Lipinski definition) is 5. The van der Waals surface area contributed by atoms with Crippen molar-refractivity contribution in [1.82, 2.24) is 14.4 Å². The second-order valence-corrected chi connectivity index (χ2v) is 7.46. The highest BCUT2D eigenvalue weighted by Crippen LogP contribution is 2.31. The van der Waals surface area contributed by atoms with E-state index in [1.165, 1.54) is 6.07 Å². The van der Waals surface area contributed by atoms with Gasteiger partial charge in [0, 0.05) is 18.8 Å². The molecule has 8 heteroatoms. The van der Waals surface area contributed by atoms with Crippen LogP contribution in [0, 0.1) is 5.82 Å². The molecule has 29 heavy (non-hydrogen) atoms. The number of hydrogen-bond donors (Lipinski definition) is 2. The first kappa shape index (κ1) is 18.1. The fraction of sp³-hybridized carbons (Fsp3) is 0.238. The van der Waals surface area contributed by atoms with Crippen LogP contribution in [-0.4, -0.2) is 33.6 Å². The molecule has 0 spiro atoms. The molecular formula is C21H19ClFN5O. The topological polar surface area (TPSA) is 63.5 Å². The molecule has 1 fully saturated rings. The first-order valence-corrected chi connectivity index (χ1v) is 9.89. The maximum atomic E-state index is 14.2. The molecule has 1 atom stereocenters. The Morgan fingerprint density at radius 1 is 1.24 bits per heavy atom. The minimum Gasteiger partial charge on any atom is -0.382 e. The Morgan fingerprint density at radius 2 is 2.17 bits per heavy atom. The van der Waals surface area contributed by atoms with E-state index >= 15 is 0 Å². The lowest BCUT2D eigenvalue weighted by Crippen LogP contribution is -2.18. The van der Waals surface area contributed by atoms with Gasteiger partial charge in [0.1, 0.15) is 11.3 Å². The highest BCUT2D eigenvalue weighted by Gasteiger charge is 2.16. The Kier molecular flexibility index (Phi) is 4.69. The summed E-state index contributed by atoms with van der Waals surface area (Å²) in [5.41, 5.74) is 3.57. The number of para-hydroxylation sites is 1. The van der Waals surface area contributed by atoms with Gasteiger partial charge in [0.15, 0.2) is 5.82 Å². The predicted molar refractivity (Wildman–Crippen MR) is 113 cm³/mol. The number of rotatable bonds is 5. The van der Waals surface area contributed by atoms with Crippen LogP contribution in [0.5, 0.6) is 0 Å². The number of aromatic nitrogens is 3. The Morgan fingerprint density at radius 3 is 3.00 bits per heavy atom. The summed E-state index contributed by atoms with van der Waals surface area (Å²) >= 11 is 6.16. The molecule has 3 heterocycles. The molecule has 0 aliphatic carbocycles. The molecule has 1 saturated heterocycles. The van der Waals surface area contributed by atoms with Gasteiger partial charge in [-0.25, -0.2) is 14.4 Å². The number of anilines is 3. The maximum Gasteiger partial charge on any atom is 0.157 e. The third-order valence-corrected chi connectivity index (χ3v) is 5.43. The van der Waals surface area contributed by atoms with Crippen LogP contribution in [0.2, 0.25) is 5.02 Å². The largest absolute Gasteiger partial charge is 0.382 e. The quantitative estimate of drug-likeness (QED) is 0.483. The van der Waals surface area contributed by atoms with Crippen molar-refractivity contribution in [1.29, 1.82) is 0 Å². The first-order chi connectivity index (χ1) is 14.2. The standard InChI is InChI=1S/C21H19ClFN5O/c22-15-4-1-5-16(23)20(15)27-21-19-11-24-12-28(19)18-9-13(6-7-17(18)26-21)25-10-14-3-2-8-29-14/h1,4-7,9,11-12,14,25H,2-3,8,10H2,(H,26,27). The zero-order valence-corrected chi connectivity index (χ0v) is 16.3. The fourth-order valence-electron chi connectivity index (χ4n) is 3.63. The molecule has 2 aromatic carbocycles. The van der Waals surface area contributed by atoms with E-state index in [-0.39, 0.29) is 11.8 Å². The van der Waals surface area contributed by atoms with Crippen molar-refractivity contribution in [3.05, 3.63) is 59.8 Å². The van der Waals surface area contributed by atoms with Crippen molar-refractivity contribution in [2.24, 2.45) is 0 Å². The molecule has 148 valence electrons. The molecule has 1 aliphatic heterocycles. The lowest BCUT2D eigenvalue weighted by Gasteiger charge is -2.14. The number of ether oxygens (including phenoxy) is 1. The highest BCUT2D eigenvalue weighted by molar-refractivity contribution is 6.33. The van der Waals surface area contributed by atoms with E-state index in [9.17, 15) is 4.39 Å². The van der Waals surface area contributed by atoms with Gasteiger partial charge in [0.25, 0.3) is 0 Å². The summed E-state index contributed by atoms with van der Waals surface area (Å²) in [5, 5.41) is 6.75. The van der Waals surface area contributed by atoms with E-state index in [1.807, 2.05) is 22.6 Å². The summed E-state index contributed by atoms with van der Waals surface area (Å²) < 4.78 is 21.8. The van der Waals surface area contributed by atoms with Crippen molar-refractivity contribution in [3.8, 4) is 0 Å². The van der Waals surface area contributed by atoms with E-state index in [4.69, 9.17) is 16.3 Å². The fourth-order valence-corrected chi connectivity index (χ4v) is 3.84. The van der Waals surface area contributed by atoms with E-state index in [0.29, 0.717) is 10.8 Å². The Balaban J connectivity index is 1.51. The average molecular weight is 412 g/mol. The number of nitrogens with zero attached hydrogens (tertiary/aromatic N) is 3. The van der Waals surface area contributed by atoms with Crippen molar-refractivity contribution in [2.75, 3.05) is 23.8 Å². The van der Waals surface area contributed by atoms with Crippen LogP contribution < -0.4 is 10.6 Å². The smallest absolute Gasteiger partial charge is 0.157 e. The van der Waals surface area contributed by atoms with Crippen LogP contribution >= 0.6 is 11.6 Å². The molecule has 0 bridgehead atoms. The first-order valence-electron chi connectivity index (χ1n) is 9.51. The monoisotopic (exact) mass is 411 g/mol. The van der Waals surface area contributed by atoms with Gasteiger partial charge in [-0.1, -0.05) is 17.7 Å². The molecule has 1 aliphatic rings.